The smallest absolute Gasteiger partial charge is 0.315 e. The summed E-state index contributed by atoms with van der Waals surface area (Å²) in [5, 5.41) is 17.2. The summed E-state index contributed by atoms with van der Waals surface area (Å²) in [6.45, 7) is -0.580. The highest BCUT2D eigenvalue weighted by Gasteiger charge is 2.23. The van der Waals surface area contributed by atoms with Crippen LogP contribution in [0.15, 0.2) is 81.0 Å². The standard InChI is InChI=1S/C26H19N5O7/c1-36-21-11-15(10-19(31(34)35)24(21)37-14-23(27)32)13-28-30-25(22-12-16-6-2-5-9-20(16)38-22)29-18-8-4-3-7-17(18)26(30)33/h2-13H,14H2,1H3,(H2,27,32). The Labute approximate surface area is 213 Å². The normalized spacial score (nSPS) is 11.3. The number of para-hydroxylation sites is 2. The number of primary amides is 1. The quantitative estimate of drug-likeness (QED) is 0.187. The van der Waals surface area contributed by atoms with Crippen LogP contribution in [-0.2, 0) is 4.79 Å². The number of rotatable bonds is 8. The third-order valence-electron chi connectivity index (χ3n) is 5.55. The van der Waals surface area contributed by atoms with Gasteiger partial charge in [-0.15, -0.1) is 0 Å². The molecule has 38 heavy (non-hydrogen) atoms. The average Bonchev–Trinajstić information content (AvgIpc) is 3.35. The Morgan fingerprint density at radius 2 is 1.95 bits per heavy atom. The summed E-state index contributed by atoms with van der Waals surface area (Å²) in [5.74, 6) is -0.647. The molecule has 0 radical (unpaired) electrons. The lowest BCUT2D eigenvalue weighted by Crippen LogP contribution is -2.21. The molecule has 0 fully saturated rings. The van der Waals surface area contributed by atoms with Crippen LogP contribution in [0.2, 0.25) is 0 Å². The summed E-state index contributed by atoms with van der Waals surface area (Å²) >= 11 is 0. The molecule has 0 aliphatic heterocycles. The number of nitro groups is 1. The van der Waals surface area contributed by atoms with E-state index in [0.717, 1.165) is 10.1 Å². The number of benzene rings is 3. The van der Waals surface area contributed by atoms with Crippen LogP contribution in [0.5, 0.6) is 11.5 Å². The van der Waals surface area contributed by atoms with E-state index in [9.17, 15) is 19.7 Å². The Morgan fingerprint density at radius 1 is 1.18 bits per heavy atom. The first-order valence-corrected chi connectivity index (χ1v) is 11.2. The number of hydrogen-bond donors (Lipinski definition) is 1. The summed E-state index contributed by atoms with van der Waals surface area (Å²) in [6, 6.07) is 18.5. The second kappa shape index (κ2) is 9.85. The number of methoxy groups -OCH3 is 1. The first-order chi connectivity index (χ1) is 18.4. The predicted molar refractivity (Wildman–Crippen MR) is 139 cm³/mol. The fraction of sp³-hybridized carbons (Fsp3) is 0.0769. The van der Waals surface area contributed by atoms with Crippen LogP contribution in [0, 0.1) is 10.1 Å². The highest BCUT2D eigenvalue weighted by atomic mass is 16.6. The molecule has 0 saturated heterocycles. The lowest BCUT2D eigenvalue weighted by Gasteiger charge is -2.11. The number of ether oxygens (including phenoxy) is 2. The molecule has 0 atom stereocenters. The van der Waals surface area contributed by atoms with Crippen LogP contribution < -0.4 is 20.8 Å². The third-order valence-corrected chi connectivity index (χ3v) is 5.55. The van der Waals surface area contributed by atoms with E-state index in [4.69, 9.17) is 19.6 Å². The third kappa shape index (κ3) is 4.53. The van der Waals surface area contributed by atoms with Crippen molar-refractivity contribution >= 4 is 39.7 Å². The zero-order valence-corrected chi connectivity index (χ0v) is 19.9. The summed E-state index contributed by atoms with van der Waals surface area (Å²) in [4.78, 5) is 40.2. The van der Waals surface area contributed by atoms with E-state index in [-0.39, 0.29) is 22.9 Å². The molecule has 2 aromatic heterocycles. The van der Waals surface area contributed by atoms with Crippen molar-refractivity contribution in [1.29, 1.82) is 0 Å². The number of nitrogens with zero attached hydrogens (tertiary/aromatic N) is 4. The molecule has 12 nitrogen and oxygen atoms in total. The predicted octanol–water partition coefficient (Wildman–Crippen LogP) is 3.47. The Bertz CT molecular complexity index is 1770. The molecular formula is C26H19N5O7. The van der Waals surface area contributed by atoms with Crippen LogP contribution in [0.3, 0.4) is 0 Å². The van der Waals surface area contributed by atoms with Gasteiger partial charge < -0.3 is 19.6 Å². The molecule has 0 bridgehead atoms. The molecule has 3 aromatic carbocycles. The van der Waals surface area contributed by atoms with Crippen molar-refractivity contribution in [3.05, 3.63) is 92.8 Å². The van der Waals surface area contributed by atoms with Crippen LogP contribution in [-0.4, -0.2) is 40.4 Å². The van der Waals surface area contributed by atoms with Crippen molar-refractivity contribution in [2.45, 2.75) is 0 Å². The molecule has 12 heteroatoms. The second-order valence-corrected chi connectivity index (χ2v) is 8.05. The number of furan rings is 1. The van der Waals surface area contributed by atoms with E-state index in [2.05, 4.69) is 10.1 Å². The van der Waals surface area contributed by atoms with Gasteiger partial charge in [-0.05, 0) is 30.3 Å². The molecule has 1 amide bonds. The van der Waals surface area contributed by atoms with Crippen molar-refractivity contribution < 1.29 is 23.6 Å². The van der Waals surface area contributed by atoms with Gasteiger partial charge in [-0.1, -0.05) is 30.3 Å². The van der Waals surface area contributed by atoms with E-state index in [0.29, 0.717) is 22.2 Å². The van der Waals surface area contributed by atoms with Gasteiger partial charge in [-0.3, -0.25) is 19.7 Å². The van der Waals surface area contributed by atoms with Crippen molar-refractivity contribution in [3.8, 4) is 23.1 Å². The molecule has 0 spiro atoms. The van der Waals surface area contributed by atoms with Gasteiger partial charge in [0.15, 0.2) is 18.1 Å². The average molecular weight is 513 g/mol. The minimum atomic E-state index is -0.812. The molecule has 0 aliphatic rings. The zero-order valence-electron chi connectivity index (χ0n) is 19.9. The molecular weight excluding hydrogens is 494 g/mol. The SMILES string of the molecule is COc1cc(C=Nn2c(-c3cc4ccccc4o3)nc3ccccc3c2=O)cc([N+](=O)[O-])c1OCC(N)=O. The first-order valence-electron chi connectivity index (χ1n) is 11.2. The molecule has 0 unspecified atom stereocenters. The lowest BCUT2D eigenvalue weighted by atomic mass is 10.2. The first kappa shape index (κ1) is 24.2. The van der Waals surface area contributed by atoms with Gasteiger partial charge in [-0.25, -0.2) is 4.98 Å². The van der Waals surface area contributed by atoms with Crippen molar-refractivity contribution in [3.63, 3.8) is 0 Å². The molecule has 2 heterocycles. The number of fused-ring (bicyclic) bond motifs is 2. The van der Waals surface area contributed by atoms with E-state index < -0.39 is 28.7 Å². The molecule has 5 aromatic rings. The number of nitrogens with two attached hydrogens (primary N) is 1. The van der Waals surface area contributed by atoms with Crippen LogP contribution >= 0.6 is 0 Å². The van der Waals surface area contributed by atoms with Crippen molar-refractivity contribution in [1.82, 2.24) is 9.66 Å². The lowest BCUT2D eigenvalue weighted by molar-refractivity contribution is -0.385. The number of hydrogen-bond acceptors (Lipinski definition) is 9. The number of carbonyl (C=O) groups is 1. The molecule has 5 rings (SSSR count). The van der Waals surface area contributed by atoms with E-state index in [1.807, 2.05) is 18.2 Å². The molecule has 0 saturated carbocycles. The summed E-state index contributed by atoms with van der Waals surface area (Å²) < 4.78 is 17.4. The summed E-state index contributed by atoms with van der Waals surface area (Å²) in [7, 11) is 1.29. The number of nitro benzene ring substituents is 1. The molecule has 190 valence electrons. The number of amides is 1. The zero-order chi connectivity index (χ0) is 26.8. The van der Waals surface area contributed by atoms with Gasteiger partial charge in [0.2, 0.25) is 11.6 Å². The minimum absolute atomic E-state index is 0.0246. The van der Waals surface area contributed by atoms with Gasteiger partial charge in [0.25, 0.3) is 11.5 Å². The molecule has 0 aliphatic carbocycles. The Morgan fingerprint density at radius 3 is 2.68 bits per heavy atom. The van der Waals surface area contributed by atoms with Crippen LogP contribution in [0.1, 0.15) is 5.56 Å². The van der Waals surface area contributed by atoms with Crippen LogP contribution in [0.4, 0.5) is 5.69 Å². The van der Waals surface area contributed by atoms with Gasteiger partial charge in [0.1, 0.15) is 5.58 Å². The monoisotopic (exact) mass is 513 g/mol. The maximum Gasteiger partial charge on any atom is 0.315 e. The van der Waals surface area contributed by atoms with Gasteiger partial charge in [-0.2, -0.15) is 9.78 Å². The molecule has 2 N–H and O–H groups in total. The fourth-order valence-electron chi connectivity index (χ4n) is 3.87. The van der Waals surface area contributed by atoms with Gasteiger partial charge in [0, 0.05) is 17.0 Å². The second-order valence-electron chi connectivity index (χ2n) is 8.05. The maximum absolute atomic E-state index is 13.4. The highest BCUT2D eigenvalue weighted by molar-refractivity contribution is 5.86. The largest absolute Gasteiger partial charge is 0.493 e. The van der Waals surface area contributed by atoms with Gasteiger partial charge >= 0.3 is 5.69 Å². The van der Waals surface area contributed by atoms with E-state index in [1.54, 1.807) is 36.4 Å². The highest BCUT2D eigenvalue weighted by Crippen LogP contribution is 2.38. The fourth-order valence-corrected chi connectivity index (χ4v) is 3.87. The van der Waals surface area contributed by atoms with E-state index in [1.165, 1.54) is 25.5 Å². The Hall–Kier alpha value is -5.52. The summed E-state index contributed by atoms with van der Waals surface area (Å²) in [6.07, 6.45) is 1.25. The van der Waals surface area contributed by atoms with E-state index >= 15 is 0 Å². The number of carbonyl (C=O) groups excluding carboxylic acids is 1. The Balaban J connectivity index is 1.66. The number of aromatic nitrogens is 2. The Kier molecular flexibility index (Phi) is 6.27. The van der Waals surface area contributed by atoms with Crippen LogP contribution in [0.25, 0.3) is 33.5 Å². The van der Waals surface area contributed by atoms with Gasteiger partial charge in [0.05, 0.1) is 29.2 Å². The van der Waals surface area contributed by atoms with Crippen molar-refractivity contribution in [2.24, 2.45) is 10.8 Å². The topological polar surface area (TPSA) is 165 Å². The summed E-state index contributed by atoms with van der Waals surface area (Å²) in [5.41, 5.74) is 5.43. The maximum atomic E-state index is 13.4. The van der Waals surface area contributed by atoms with Crippen molar-refractivity contribution in [2.75, 3.05) is 13.7 Å². The minimum Gasteiger partial charge on any atom is -0.493 e.